The Bertz CT molecular complexity index is 647. The molecule has 0 bridgehead atoms. The highest BCUT2D eigenvalue weighted by Crippen LogP contribution is 2.22. The van der Waals surface area contributed by atoms with E-state index in [1.807, 2.05) is 11.8 Å². The van der Waals surface area contributed by atoms with Crippen LogP contribution in [-0.4, -0.2) is 61.0 Å². The van der Waals surface area contributed by atoms with E-state index in [1.54, 1.807) is 25.2 Å². The molecule has 26 heavy (non-hydrogen) atoms. The molecule has 0 aliphatic carbocycles. The van der Waals surface area contributed by atoms with E-state index in [9.17, 15) is 9.59 Å². The van der Waals surface area contributed by atoms with E-state index < -0.39 is 0 Å². The van der Waals surface area contributed by atoms with Crippen LogP contribution in [0.15, 0.2) is 18.2 Å². The zero-order valence-electron chi connectivity index (χ0n) is 15.9. The maximum atomic E-state index is 12.6. The molecule has 3 rings (SSSR count). The number of amides is 3. The van der Waals surface area contributed by atoms with Crippen molar-refractivity contribution in [1.82, 2.24) is 15.1 Å². The molecule has 2 N–H and O–H groups in total. The van der Waals surface area contributed by atoms with E-state index in [1.165, 1.54) is 32.4 Å². The number of anilines is 1. The lowest BCUT2D eigenvalue weighted by molar-refractivity contribution is 0.0963. The Balaban J connectivity index is 1.53. The van der Waals surface area contributed by atoms with Crippen molar-refractivity contribution in [1.29, 1.82) is 0 Å². The molecule has 0 radical (unpaired) electrons. The van der Waals surface area contributed by atoms with Gasteiger partial charge in [-0.1, -0.05) is 6.42 Å². The molecule has 0 unspecified atom stereocenters. The average molecular weight is 358 g/mol. The second kappa shape index (κ2) is 8.54. The fourth-order valence-electron chi connectivity index (χ4n) is 4.00. The molecule has 0 spiro atoms. The van der Waals surface area contributed by atoms with Crippen LogP contribution in [0.3, 0.4) is 0 Å². The number of nitrogens with zero attached hydrogens (tertiary/aromatic N) is 2. The van der Waals surface area contributed by atoms with Gasteiger partial charge in [-0.05, 0) is 69.5 Å². The van der Waals surface area contributed by atoms with E-state index in [0.717, 1.165) is 37.2 Å². The number of piperidine rings is 2. The minimum absolute atomic E-state index is 0.0436. The SMILES string of the molecule is CNC(=O)c1ccc(NC(=O)N2CCC(N3CCCCC3)CC2)c(C)c1. The summed E-state index contributed by atoms with van der Waals surface area (Å²) in [5.74, 6) is -0.120. The second-order valence-corrected chi connectivity index (χ2v) is 7.35. The molecule has 6 heteroatoms. The summed E-state index contributed by atoms with van der Waals surface area (Å²) in [4.78, 5) is 28.8. The van der Waals surface area contributed by atoms with Gasteiger partial charge >= 0.3 is 6.03 Å². The Morgan fingerprint density at radius 2 is 1.73 bits per heavy atom. The van der Waals surface area contributed by atoms with Crippen LogP contribution in [0.1, 0.15) is 48.0 Å². The molecular weight excluding hydrogens is 328 g/mol. The van der Waals surface area contributed by atoms with Crippen molar-refractivity contribution in [2.24, 2.45) is 0 Å². The third-order valence-electron chi connectivity index (χ3n) is 5.62. The van der Waals surface area contributed by atoms with Crippen LogP contribution in [0.4, 0.5) is 10.5 Å². The number of aryl methyl sites for hydroxylation is 1. The highest BCUT2D eigenvalue weighted by Gasteiger charge is 2.27. The fraction of sp³-hybridized carbons (Fsp3) is 0.600. The van der Waals surface area contributed by atoms with Gasteiger partial charge in [0.25, 0.3) is 5.91 Å². The van der Waals surface area contributed by atoms with Crippen molar-refractivity contribution in [3.05, 3.63) is 29.3 Å². The van der Waals surface area contributed by atoms with Crippen LogP contribution in [0.5, 0.6) is 0 Å². The monoisotopic (exact) mass is 358 g/mol. The van der Waals surface area contributed by atoms with Gasteiger partial charge < -0.3 is 20.4 Å². The molecule has 2 aliphatic rings. The fourth-order valence-corrected chi connectivity index (χ4v) is 4.00. The summed E-state index contributed by atoms with van der Waals surface area (Å²) in [5, 5.41) is 5.61. The maximum absolute atomic E-state index is 12.6. The predicted octanol–water partition coefficient (Wildman–Crippen LogP) is 2.84. The van der Waals surface area contributed by atoms with Crippen molar-refractivity contribution in [3.8, 4) is 0 Å². The zero-order valence-corrected chi connectivity index (χ0v) is 15.9. The summed E-state index contributed by atoms with van der Waals surface area (Å²) in [5.41, 5.74) is 2.26. The highest BCUT2D eigenvalue weighted by atomic mass is 16.2. The van der Waals surface area contributed by atoms with Crippen LogP contribution in [0, 0.1) is 6.92 Å². The molecule has 1 aromatic carbocycles. The standard InChI is InChI=1S/C20H30N4O2/c1-15-14-16(19(25)21-2)6-7-18(15)22-20(26)24-12-8-17(9-13-24)23-10-4-3-5-11-23/h6-7,14,17H,3-5,8-13H2,1-2H3,(H,21,25)(H,22,26). The van der Waals surface area contributed by atoms with Crippen LogP contribution in [0.25, 0.3) is 0 Å². The number of rotatable bonds is 3. The molecule has 6 nitrogen and oxygen atoms in total. The van der Waals surface area contributed by atoms with E-state index in [2.05, 4.69) is 15.5 Å². The van der Waals surface area contributed by atoms with Crippen molar-refractivity contribution in [3.63, 3.8) is 0 Å². The Morgan fingerprint density at radius 3 is 2.35 bits per heavy atom. The minimum Gasteiger partial charge on any atom is -0.355 e. The van der Waals surface area contributed by atoms with Gasteiger partial charge in [-0.3, -0.25) is 4.79 Å². The highest BCUT2D eigenvalue weighted by molar-refractivity contribution is 5.96. The number of likely N-dealkylation sites (tertiary alicyclic amines) is 2. The van der Waals surface area contributed by atoms with Crippen molar-refractivity contribution in [2.75, 3.05) is 38.5 Å². The molecule has 2 heterocycles. The Hall–Kier alpha value is -2.08. The third-order valence-corrected chi connectivity index (χ3v) is 5.62. The summed E-state index contributed by atoms with van der Waals surface area (Å²) in [6, 6.07) is 5.94. The van der Waals surface area contributed by atoms with E-state index in [4.69, 9.17) is 0 Å². The summed E-state index contributed by atoms with van der Waals surface area (Å²) >= 11 is 0. The van der Waals surface area contributed by atoms with Gasteiger partial charge in [0.1, 0.15) is 0 Å². The van der Waals surface area contributed by atoms with Crippen LogP contribution in [0.2, 0.25) is 0 Å². The number of nitrogens with one attached hydrogen (secondary N) is 2. The van der Waals surface area contributed by atoms with Gasteiger partial charge in [-0.15, -0.1) is 0 Å². The summed E-state index contributed by atoms with van der Waals surface area (Å²) in [7, 11) is 1.61. The zero-order chi connectivity index (χ0) is 18.5. The molecular formula is C20H30N4O2. The van der Waals surface area contributed by atoms with Gasteiger partial charge in [0, 0.05) is 37.4 Å². The lowest BCUT2D eigenvalue weighted by Gasteiger charge is -2.40. The number of carbonyl (C=O) groups is 2. The van der Waals surface area contributed by atoms with Crippen LogP contribution < -0.4 is 10.6 Å². The van der Waals surface area contributed by atoms with E-state index in [0.29, 0.717) is 11.6 Å². The number of urea groups is 1. The topological polar surface area (TPSA) is 64.7 Å². The second-order valence-electron chi connectivity index (χ2n) is 7.35. The Kier molecular flexibility index (Phi) is 6.14. The smallest absolute Gasteiger partial charge is 0.321 e. The van der Waals surface area contributed by atoms with Crippen molar-refractivity contribution in [2.45, 2.75) is 45.1 Å². The summed E-state index contributed by atoms with van der Waals surface area (Å²) < 4.78 is 0. The molecule has 1 aromatic rings. The van der Waals surface area contributed by atoms with Gasteiger partial charge in [0.05, 0.1) is 0 Å². The number of hydrogen-bond acceptors (Lipinski definition) is 3. The van der Waals surface area contributed by atoms with Gasteiger partial charge in [-0.25, -0.2) is 4.79 Å². The van der Waals surface area contributed by atoms with Gasteiger partial charge in [-0.2, -0.15) is 0 Å². The van der Waals surface area contributed by atoms with Crippen molar-refractivity contribution >= 4 is 17.6 Å². The molecule has 142 valence electrons. The number of benzene rings is 1. The Labute approximate surface area is 155 Å². The first-order valence-electron chi connectivity index (χ1n) is 9.71. The Morgan fingerprint density at radius 1 is 1.04 bits per heavy atom. The maximum Gasteiger partial charge on any atom is 0.321 e. The lowest BCUT2D eigenvalue weighted by atomic mass is 10.00. The largest absolute Gasteiger partial charge is 0.355 e. The average Bonchev–Trinajstić information content (AvgIpc) is 2.69. The van der Waals surface area contributed by atoms with Gasteiger partial charge in [0.15, 0.2) is 0 Å². The molecule has 0 aromatic heterocycles. The van der Waals surface area contributed by atoms with E-state index in [-0.39, 0.29) is 11.9 Å². The first-order chi connectivity index (χ1) is 12.6. The first-order valence-corrected chi connectivity index (χ1v) is 9.71. The third kappa shape index (κ3) is 4.36. The van der Waals surface area contributed by atoms with Crippen molar-refractivity contribution < 1.29 is 9.59 Å². The predicted molar refractivity (Wildman–Crippen MR) is 104 cm³/mol. The summed E-state index contributed by atoms with van der Waals surface area (Å²) in [6.07, 6.45) is 6.10. The molecule has 0 atom stereocenters. The van der Waals surface area contributed by atoms with Crippen LogP contribution >= 0.6 is 0 Å². The molecule has 2 aliphatic heterocycles. The minimum atomic E-state index is -0.120. The molecule has 2 fully saturated rings. The molecule has 0 saturated carbocycles. The molecule has 2 saturated heterocycles. The number of carbonyl (C=O) groups excluding carboxylic acids is 2. The van der Waals surface area contributed by atoms with Gasteiger partial charge in [0.2, 0.25) is 0 Å². The number of hydrogen-bond donors (Lipinski definition) is 2. The van der Waals surface area contributed by atoms with Crippen LogP contribution in [-0.2, 0) is 0 Å². The normalized spacial score (nSPS) is 19.2. The molecule has 3 amide bonds. The lowest BCUT2D eigenvalue weighted by Crippen LogP contribution is -2.49. The van der Waals surface area contributed by atoms with E-state index >= 15 is 0 Å². The quantitative estimate of drug-likeness (QED) is 0.873. The first kappa shape index (κ1) is 18.7. The summed E-state index contributed by atoms with van der Waals surface area (Å²) in [6.45, 7) is 5.96.